The molecule has 0 radical (unpaired) electrons. The molecule has 10 heteroatoms. The fourth-order valence-electron chi connectivity index (χ4n) is 3.70. The highest BCUT2D eigenvalue weighted by molar-refractivity contribution is 5.91. The molecule has 0 bridgehead atoms. The number of benzene rings is 2. The van der Waals surface area contributed by atoms with E-state index < -0.39 is 11.5 Å². The van der Waals surface area contributed by atoms with Crippen LogP contribution in [0.5, 0.6) is 17.2 Å². The fourth-order valence-corrected chi connectivity index (χ4v) is 3.70. The van der Waals surface area contributed by atoms with Crippen LogP contribution in [-0.4, -0.2) is 55.1 Å². The van der Waals surface area contributed by atoms with E-state index in [1.54, 1.807) is 21.3 Å². The summed E-state index contributed by atoms with van der Waals surface area (Å²) in [5, 5.41) is 10.8. The molecule has 0 spiro atoms. The van der Waals surface area contributed by atoms with Crippen molar-refractivity contribution in [3.8, 4) is 17.2 Å². The molecule has 0 saturated carbocycles. The highest BCUT2D eigenvalue weighted by Gasteiger charge is 2.27. The Morgan fingerprint density at radius 2 is 1.73 bits per heavy atom. The topological polar surface area (TPSA) is 108 Å². The lowest BCUT2D eigenvalue weighted by Gasteiger charge is -2.17. The lowest BCUT2D eigenvalue weighted by Crippen LogP contribution is -2.35. The SMILES string of the molecule is COc1ccc(N2CCn3c2nnc(C(=O)NCCc2ccc(OC)c(OC)c2)c3=O)cc1. The fraction of sp³-hybridized carbons (Fsp3) is 0.304. The van der Waals surface area contributed by atoms with E-state index in [1.165, 1.54) is 4.57 Å². The monoisotopic (exact) mass is 451 g/mol. The van der Waals surface area contributed by atoms with Gasteiger partial charge in [-0.15, -0.1) is 10.2 Å². The van der Waals surface area contributed by atoms with Gasteiger partial charge in [-0.05, 0) is 48.4 Å². The van der Waals surface area contributed by atoms with E-state index in [-0.39, 0.29) is 5.69 Å². The summed E-state index contributed by atoms with van der Waals surface area (Å²) < 4.78 is 17.2. The summed E-state index contributed by atoms with van der Waals surface area (Å²) in [5.41, 5.74) is 1.14. The van der Waals surface area contributed by atoms with Crippen LogP contribution in [-0.2, 0) is 13.0 Å². The first-order valence-electron chi connectivity index (χ1n) is 10.4. The molecule has 4 rings (SSSR count). The van der Waals surface area contributed by atoms with Gasteiger partial charge in [-0.1, -0.05) is 6.07 Å². The average molecular weight is 451 g/mol. The van der Waals surface area contributed by atoms with Crippen molar-refractivity contribution in [1.82, 2.24) is 20.1 Å². The number of hydrogen-bond acceptors (Lipinski definition) is 8. The Balaban J connectivity index is 1.44. The lowest BCUT2D eigenvalue weighted by atomic mass is 10.1. The quantitative estimate of drug-likeness (QED) is 0.552. The number of carbonyl (C=O) groups excluding carboxylic acids is 1. The summed E-state index contributed by atoms with van der Waals surface area (Å²) in [4.78, 5) is 27.4. The summed E-state index contributed by atoms with van der Waals surface area (Å²) in [5.74, 6) is 1.85. The van der Waals surface area contributed by atoms with Crippen LogP contribution >= 0.6 is 0 Å². The number of hydrogen-bond donors (Lipinski definition) is 1. The van der Waals surface area contributed by atoms with Gasteiger partial charge in [-0.2, -0.15) is 0 Å². The van der Waals surface area contributed by atoms with Crippen LogP contribution in [0, 0.1) is 0 Å². The molecule has 33 heavy (non-hydrogen) atoms. The zero-order valence-electron chi connectivity index (χ0n) is 18.7. The first-order valence-corrected chi connectivity index (χ1v) is 10.4. The van der Waals surface area contributed by atoms with Crippen molar-refractivity contribution in [2.45, 2.75) is 13.0 Å². The van der Waals surface area contributed by atoms with Gasteiger partial charge in [0.05, 0.1) is 21.3 Å². The van der Waals surface area contributed by atoms with Crippen molar-refractivity contribution in [3.63, 3.8) is 0 Å². The second kappa shape index (κ2) is 9.60. The van der Waals surface area contributed by atoms with E-state index in [1.807, 2.05) is 47.4 Å². The van der Waals surface area contributed by atoms with Crippen LogP contribution < -0.4 is 30.0 Å². The van der Waals surface area contributed by atoms with E-state index in [0.29, 0.717) is 43.5 Å². The molecule has 172 valence electrons. The molecule has 1 amide bonds. The Bertz CT molecular complexity index is 1210. The van der Waals surface area contributed by atoms with Crippen molar-refractivity contribution in [1.29, 1.82) is 0 Å². The molecule has 0 unspecified atom stereocenters. The minimum atomic E-state index is -0.550. The third kappa shape index (κ3) is 4.45. The largest absolute Gasteiger partial charge is 0.497 e. The van der Waals surface area contributed by atoms with E-state index >= 15 is 0 Å². The number of fused-ring (bicyclic) bond motifs is 1. The maximum Gasteiger partial charge on any atom is 0.286 e. The van der Waals surface area contributed by atoms with E-state index in [4.69, 9.17) is 14.2 Å². The van der Waals surface area contributed by atoms with Crippen LogP contribution in [0.4, 0.5) is 11.6 Å². The predicted molar refractivity (Wildman–Crippen MR) is 122 cm³/mol. The minimum Gasteiger partial charge on any atom is -0.497 e. The van der Waals surface area contributed by atoms with E-state index in [2.05, 4.69) is 15.5 Å². The smallest absolute Gasteiger partial charge is 0.286 e. The molecular formula is C23H25N5O5. The second-order valence-corrected chi connectivity index (χ2v) is 7.35. The Kier molecular flexibility index (Phi) is 6.43. The van der Waals surface area contributed by atoms with Crippen molar-refractivity contribution in [2.75, 3.05) is 39.3 Å². The first-order chi connectivity index (χ1) is 16.0. The summed E-state index contributed by atoms with van der Waals surface area (Å²) in [6.45, 7) is 1.30. The van der Waals surface area contributed by atoms with Crippen LogP contribution in [0.25, 0.3) is 0 Å². The third-order valence-electron chi connectivity index (χ3n) is 5.46. The molecule has 1 aliphatic heterocycles. The summed E-state index contributed by atoms with van der Waals surface area (Å²) in [7, 11) is 4.74. The van der Waals surface area contributed by atoms with Gasteiger partial charge >= 0.3 is 0 Å². The van der Waals surface area contributed by atoms with Gasteiger partial charge in [0.25, 0.3) is 11.5 Å². The van der Waals surface area contributed by atoms with Crippen molar-refractivity contribution >= 4 is 17.5 Å². The van der Waals surface area contributed by atoms with E-state index in [0.717, 1.165) is 17.0 Å². The van der Waals surface area contributed by atoms with Gasteiger partial charge in [0.1, 0.15) is 5.75 Å². The standard InChI is InChI=1S/C23H25N5O5/c1-31-17-7-5-16(6-8-17)27-12-13-28-22(30)20(25-26-23(27)28)21(29)24-11-10-15-4-9-18(32-2)19(14-15)33-3/h4-9,14H,10-13H2,1-3H3,(H,24,29). The number of rotatable bonds is 8. The minimum absolute atomic E-state index is 0.220. The highest BCUT2D eigenvalue weighted by atomic mass is 16.5. The van der Waals surface area contributed by atoms with Gasteiger partial charge < -0.3 is 24.4 Å². The molecule has 3 aromatic rings. The van der Waals surface area contributed by atoms with Gasteiger partial charge in [0, 0.05) is 25.3 Å². The van der Waals surface area contributed by atoms with Crippen molar-refractivity contribution in [2.24, 2.45) is 0 Å². The molecule has 0 atom stereocenters. The molecular weight excluding hydrogens is 426 g/mol. The summed E-state index contributed by atoms with van der Waals surface area (Å²) in [6.07, 6.45) is 0.553. The van der Waals surface area contributed by atoms with Crippen LogP contribution in [0.15, 0.2) is 47.3 Å². The average Bonchev–Trinajstić information content (AvgIpc) is 3.29. The summed E-state index contributed by atoms with van der Waals surface area (Å²) in [6, 6.07) is 13.0. The lowest BCUT2D eigenvalue weighted by molar-refractivity contribution is 0.0945. The number of methoxy groups -OCH3 is 3. The number of nitrogens with zero attached hydrogens (tertiary/aromatic N) is 4. The second-order valence-electron chi connectivity index (χ2n) is 7.35. The molecule has 0 saturated heterocycles. The van der Waals surface area contributed by atoms with Gasteiger partial charge in [-0.25, -0.2) is 0 Å². The molecule has 0 aliphatic carbocycles. The number of aromatic nitrogens is 3. The molecule has 2 aromatic carbocycles. The van der Waals surface area contributed by atoms with Gasteiger partial charge in [-0.3, -0.25) is 14.2 Å². The summed E-state index contributed by atoms with van der Waals surface area (Å²) >= 11 is 0. The number of anilines is 2. The maximum atomic E-state index is 12.9. The Morgan fingerprint density at radius 3 is 2.42 bits per heavy atom. The van der Waals surface area contributed by atoms with E-state index in [9.17, 15) is 9.59 Å². The Hall–Kier alpha value is -4.08. The number of nitrogens with one attached hydrogen (secondary N) is 1. The van der Waals surface area contributed by atoms with Gasteiger partial charge in [0.2, 0.25) is 11.6 Å². The molecule has 1 N–H and O–H groups in total. The number of amides is 1. The van der Waals surface area contributed by atoms with Crippen LogP contribution in [0.1, 0.15) is 16.1 Å². The van der Waals surface area contributed by atoms with Crippen LogP contribution in [0.3, 0.4) is 0 Å². The molecule has 1 aromatic heterocycles. The maximum absolute atomic E-state index is 12.9. The molecule has 10 nitrogen and oxygen atoms in total. The number of ether oxygens (including phenoxy) is 3. The molecule has 1 aliphatic rings. The van der Waals surface area contributed by atoms with Crippen molar-refractivity contribution < 1.29 is 19.0 Å². The molecule has 0 fully saturated rings. The molecule has 2 heterocycles. The van der Waals surface area contributed by atoms with Gasteiger partial charge in [0.15, 0.2) is 11.5 Å². The predicted octanol–water partition coefficient (Wildman–Crippen LogP) is 1.79. The first kappa shape index (κ1) is 22.1. The Labute approximate surface area is 190 Å². The Morgan fingerprint density at radius 1 is 0.970 bits per heavy atom. The zero-order chi connectivity index (χ0) is 23.4. The van der Waals surface area contributed by atoms with Crippen molar-refractivity contribution in [3.05, 3.63) is 64.1 Å². The van der Waals surface area contributed by atoms with Crippen LogP contribution in [0.2, 0.25) is 0 Å². The third-order valence-corrected chi connectivity index (χ3v) is 5.46. The normalized spacial score (nSPS) is 12.3. The number of carbonyl (C=O) groups is 1. The zero-order valence-corrected chi connectivity index (χ0v) is 18.7. The highest BCUT2D eigenvalue weighted by Crippen LogP contribution is 2.29.